The molecule has 0 heterocycles. The highest BCUT2D eigenvalue weighted by Crippen LogP contribution is 2.65. The molecule has 0 aromatic heterocycles. The summed E-state index contributed by atoms with van der Waals surface area (Å²) in [5.74, 6) is 0. The van der Waals surface area contributed by atoms with Crippen LogP contribution in [0.5, 0.6) is 0 Å². The monoisotopic (exact) mass is 1110 g/mol. The summed E-state index contributed by atoms with van der Waals surface area (Å²) in [6.07, 6.45) is 6.22. The molecule has 0 saturated carbocycles. The van der Waals surface area contributed by atoms with Gasteiger partial charge in [-0.15, -0.1) is 0 Å². The number of nitrogens with zero attached hydrogens (tertiary/aromatic N) is 4. The smallest absolute Gasteiger partial charge is 0.0728 e. The van der Waals surface area contributed by atoms with E-state index in [2.05, 4.69) is 343 Å². The Bertz CT molecular complexity index is 4100. The maximum absolute atomic E-state index is 4.07. The highest BCUT2D eigenvalue weighted by molar-refractivity contribution is 6.00. The topological polar surface area (TPSA) is 13.0 Å². The van der Waals surface area contributed by atoms with Gasteiger partial charge in [0.15, 0.2) is 0 Å². The number of hydrogen-bond donors (Lipinski definition) is 0. The average Bonchev–Trinajstić information content (AvgIpc) is 1.52. The molecule has 2 aliphatic carbocycles. The van der Waals surface area contributed by atoms with Crippen molar-refractivity contribution in [2.45, 2.75) is 67.7 Å². The number of hydrogen-bond acceptors (Lipinski definition) is 4. The zero-order valence-corrected chi connectivity index (χ0v) is 50.8. The van der Waals surface area contributed by atoms with E-state index >= 15 is 0 Å². The molecule has 0 radical (unpaired) electrons. The molecule has 11 aromatic rings. The quantitative estimate of drug-likeness (QED) is 0.101. The normalized spacial score (nSPS) is 12.8. The molecule has 0 N–H and O–H groups in total. The summed E-state index contributed by atoms with van der Waals surface area (Å²) < 4.78 is 0. The Kier molecular flexibility index (Phi) is 14.4. The average molecular weight is 1110 g/mol. The summed E-state index contributed by atoms with van der Waals surface area (Å²) in [6.45, 7) is 23.8. The molecule has 11 aromatic carbocycles. The first-order valence-electron chi connectivity index (χ1n) is 30.0. The van der Waals surface area contributed by atoms with Crippen LogP contribution in [-0.4, -0.2) is 0 Å². The summed E-state index contributed by atoms with van der Waals surface area (Å²) in [5, 5.41) is 0. The Morgan fingerprint density at radius 1 is 0.302 bits per heavy atom. The van der Waals surface area contributed by atoms with Crippen LogP contribution in [0.25, 0.3) is 22.3 Å². The van der Waals surface area contributed by atoms with Crippen LogP contribution in [-0.2, 0) is 5.41 Å². The van der Waals surface area contributed by atoms with Gasteiger partial charge in [0.2, 0.25) is 0 Å². The Morgan fingerprint density at radius 3 is 0.814 bits per heavy atom. The molecule has 0 atom stereocenters. The molecule has 1 spiro atoms. The highest BCUT2D eigenvalue weighted by Gasteiger charge is 2.53. The van der Waals surface area contributed by atoms with Crippen LogP contribution in [0.15, 0.2) is 279 Å². The van der Waals surface area contributed by atoms with E-state index in [0.717, 1.165) is 73.8 Å². The number of benzene rings is 11. The van der Waals surface area contributed by atoms with E-state index in [1.54, 1.807) is 0 Å². The largest absolute Gasteiger partial charge is 0.314 e. The summed E-state index contributed by atoms with van der Waals surface area (Å²) in [5.41, 5.74) is 31.6. The molecule has 0 fully saturated rings. The lowest BCUT2D eigenvalue weighted by Gasteiger charge is -2.35. The fraction of sp³-hybridized carbons (Fsp3) is 0.122. The zero-order chi connectivity index (χ0) is 59.4. The molecule has 0 unspecified atom stereocenters. The Labute approximate surface area is 509 Å². The van der Waals surface area contributed by atoms with Gasteiger partial charge >= 0.3 is 0 Å². The zero-order valence-electron chi connectivity index (χ0n) is 50.8. The van der Waals surface area contributed by atoms with Crippen LogP contribution in [0.2, 0.25) is 0 Å². The SMILES string of the molecule is C=C/C=C(C)\C=C(/C)N(c1cccc(C)c1)c1ccc2c(c1)C1(c3cc(N(c4cccc(C)c4)c4cccc(C)c4)ccc3-2)c2cc(N(c3cccc(C)c3)c3cccc(C)c3)ccc2-c2ccc(N(c3cccc(C)c3)c3cccc(C)c3)cc21. The predicted molar refractivity (Wildman–Crippen MR) is 366 cm³/mol. The van der Waals surface area contributed by atoms with Crippen LogP contribution in [0.3, 0.4) is 0 Å². The lowest BCUT2D eigenvalue weighted by molar-refractivity contribution is 0.793. The van der Waals surface area contributed by atoms with E-state index in [9.17, 15) is 0 Å². The minimum atomic E-state index is -0.859. The van der Waals surface area contributed by atoms with Crippen molar-refractivity contribution in [1.82, 2.24) is 0 Å². The van der Waals surface area contributed by atoms with Crippen LogP contribution in [0.1, 0.15) is 75.0 Å². The lowest BCUT2D eigenvalue weighted by atomic mass is 9.70. The van der Waals surface area contributed by atoms with Gasteiger partial charge in [-0.3, -0.25) is 0 Å². The first-order valence-corrected chi connectivity index (χ1v) is 30.0. The van der Waals surface area contributed by atoms with Gasteiger partial charge in [0.25, 0.3) is 0 Å². The minimum absolute atomic E-state index is 0.859. The molecule has 0 amide bonds. The van der Waals surface area contributed by atoms with Crippen molar-refractivity contribution >= 4 is 62.6 Å². The van der Waals surface area contributed by atoms with Gasteiger partial charge in [-0.2, -0.15) is 0 Å². The Morgan fingerprint density at radius 2 is 0.535 bits per heavy atom. The number of rotatable bonds is 14. The number of aryl methyl sites for hydroxylation is 7. The predicted octanol–water partition coefficient (Wildman–Crippen LogP) is 22.8. The third-order valence-electron chi connectivity index (χ3n) is 17.2. The van der Waals surface area contributed by atoms with Gasteiger partial charge in [-0.25, -0.2) is 0 Å². The van der Waals surface area contributed by atoms with Crippen LogP contribution >= 0.6 is 0 Å². The molecule has 4 nitrogen and oxygen atoms in total. The molecule has 86 heavy (non-hydrogen) atoms. The Hall–Kier alpha value is -10.2. The van der Waals surface area contributed by atoms with E-state index in [4.69, 9.17) is 0 Å². The second-order valence-corrected chi connectivity index (χ2v) is 23.8. The molecule has 0 saturated heterocycles. The fourth-order valence-electron chi connectivity index (χ4n) is 13.6. The van der Waals surface area contributed by atoms with Crippen molar-refractivity contribution < 1.29 is 0 Å². The van der Waals surface area contributed by atoms with Crippen molar-refractivity contribution in [1.29, 1.82) is 0 Å². The summed E-state index contributed by atoms with van der Waals surface area (Å²) in [4.78, 5) is 9.79. The van der Waals surface area contributed by atoms with Gasteiger partial charge in [0.05, 0.1) is 5.41 Å². The highest BCUT2D eigenvalue weighted by atomic mass is 15.2. The van der Waals surface area contributed by atoms with Crippen molar-refractivity contribution in [3.8, 4) is 22.3 Å². The van der Waals surface area contributed by atoms with Gasteiger partial charge in [0.1, 0.15) is 0 Å². The minimum Gasteiger partial charge on any atom is -0.314 e. The molecule has 4 heteroatoms. The molecule has 0 bridgehead atoms. The van der Waals surface area contributed by atoms with Crippen LogP contribution < -0.4 is 19.6 Å². The third-order valence-corrected chi connectivity index (χ3v) is 17.2. The number of allylic oxidation sites excluding steroid dienone is 5. The van der Waals surface area contributed by atoms with Gasteiger partial charge in [0, 0.05) is 68.3 Å². The van der Waals surface area contributed by atoms with E-state index < -0.39 is 5.41 Å². The molecule has 420 valence electrons. The van der Waals surface area contributed by atoms with E-state index in [0.29, 0.717) is 0 Å². The molecule has 0 aliphatic heterocycles. The summed E-state index contributed by atoms with van der Waals surface area (Å²) in [6, 6.07) is 91.6. The maximum Gasteiger partial charge on any atom is 0.0728 e. The summed E-state index contributed by atoms with van der Waals surface area (Å²) >= 11 is 0. The molecule has 13 rings (SSSR count). The number of anilines is 11. The van der Waals surface area contributed by atoms with E-state index in [1.165, 1.54) is 83.5 Å². The van der Waals surface area contributed by atoms with Crippen LogP contribution in [0, 0.1) is 48.5 Å². The summed E-state index contributed by atoms with van der Waals surface area (Å²) in [7, 11) is 0. The van der Waals surface area contributed by atoms with Crippen molar-refractivity contribution in [3.05, 3.63) is 340 Å². The van der Waals surface area contributed by atoms with Crippen molar-refractivity contribution in [3.63, 3.8) is 0 Å². The maximum atomic E-state index is 4.07. The lowest BCUT2D eigenvalue weighted by Crippen LogP contribution is -2.27. The first kappa shape index (κ1) is 55.1. The third kappa shape index (κ3) is 9.91. The second-order valence-electron chi connectivity index (χ2n) is 23.8. The standard InChI is InChI=1S/C82H72N4/c1-11-19-54(2)42-62(10)83(63-27-12-20-55(3)43-63)70-34-38-74-75-39-35-71(84(64-28-13-21-56(4)44-64)65-29-14-22-57(5)45-65)51-79(75)82(78(74)50-70)80-52-72(85(66-30-15-23-58(6)46-66)67-31-16-24-59(7)47-67)36-40-76(80)77-41-37-73(53-81(77)82)86(68-32-17-25-60(8)48-68)69-33-18-26-61(9)49-69/h11-53H,1H2,2-10H3/b54-19-,62-42+. The fourth-order valence-corrected chi connectivity index (χ4v) is 13.6. The molecular formula is C82H72N4. The van der Waals surface area contributed by atoms with E-state index in [1.807, 2.05) is 6.08 Å². The van der Waals surface area contributed by atoms with E-state index in [-0.39, 0.29) is 0 Å². The number of fused-ring (bicyclic) bond motifs is 10. The van der Waals surface area contributed by atoms with Crippen molar-refractivity contribution in [2.75, 3.05) is 19.6 Å². The molecular weight excluding hydrogens is 1040 g/mol. The van der Waals surface area contributed by atoms with Crippen LogP contribution in [0.4, 0.5) is 62.6 Å². The van der Waals surface area contributed by atoms with Gasteiger partial charge in [-0.05, 0) is 291 Å². The van der Waals surface area contributed by atoms with Gasteiger partial charge < -0.3 is 19.6 Å². The molecule has 2 aliphatic rings. The Balaban J connectivity index is 1.17. The first-order chi connectivity index (χ1) is 41.7. The van der Waals surface area contributed by atoms with Gasteiger partial charge in [-0.1, -0.05) is 128 Å². The second kappa shape index (κ2) is 22.4. The van der Waals surface area contributed by atoms with Crippen molar-refractivity contribution in [2.24, 2.45) is 0 Å².